The first kappa shape index (κ1) is 7.80. The van der Waals surface area contributed by atoms with E-state index >= 15 is 0 Å². The van der Waals surface area contributed by atoms with Crippen LogP contribution in [0.15, 0.2) is 4.52 Å². The van der Waals surface area contributed by atoms with Crippen LogP contribution in [0, 0.1) is 13.8 Å². The summed E-state index contributed by atoms with van der Waals surface area (Å²) in [4.78, 5) is 0. The smallest absolute Gasteiger partial charge is 0.137 e. The van der Waals surface area contributed by atoms with Gasteiger partial charge in [-0.1, -0.05) is 5.16 Å². The molecule has 2 heterocycles. The third kappa shape index (κ3) is 1.14. The first-order chi connectivity index (χ1) is 5.79. The highest BCUT2D eigenvalue weighted by molar-refractivity contribution is 5.26. The van der Waals surface area contributed by atoms with E-state index in [4.69, 9.17) is 4.52 Å². The number of hydrogen-bond donors (Lipinski definition) is 1. The molecule has 66 valence electrons. The van der Waals surface area contributed by atoms with Crippen molar-refractivity contribution in [1.82, 2.24) is 10.5 Å². The topological polar surface area (TPSA) is 38.1 Å². The van der Waals surface area contributed by atoms with E-state index in [9.17, 15) is 0 Å². The average Bonchev–Trinajstić information content (AvgIpc) is 2.61. The van der Waals surface area contributed by atoms with Gasteiger partial charge in [-0.3, -0.25) is 0 Å². The van der Waals surface area contributed by atoms with Gasteiger partial charge in [0.05, 0.1) is 5.69 Å². The largest absolute Gasteiger partial charge is 0.361 e. The monoisotopic (exact) mass is 166 g/mol. The quantitative estimate of drug-likeness (QED) is 0.684. The van der Waals surface area contributed by atoms with E-state index in [0.29, 0.717) is 5.92 Å². The summed E-state index contributed by atoms with van der Waals surface area (Å²) < 4.78 is 5.13. The van der Waals surface area contributed by atoms with Gasteiger partial charge < -0.3 is 9.84 Å². The van der Waals surface area contributed by atoms with E-state index < -0.39 is 0 Å². The van der Waals surface area contributed by atoms with Gasteiger partial charge in [-0.2, -0.15) is 0 Å². The predicted octanol–water partition coefficient (Wildman–Crippen LogP) is 1.37. The van der Waals surface area contributed by atoms with Gasteiger partial charge >= 0.3 is 0 Å². The standard InChI is InChI=1S/C9H14N2O/c1-6-9(7(2)12-11-6)8-3-4-10-5-8/h8,10H,3-5H2,1-2H3. The molecule has 1 aromatic heterocycles. The highest BCUT2D eigenvalue weighted by atomic mass is 16.5. The summed E-state index contributed by atoms with van der Waals surface area (Å²) >= 11 is 0. The van der Waals surface area contributed by atoms with Crippen LogP contribution in [0.5, 0.6) is 0 Å². The SMILES string of the molecule is Cc1noc(C)c1C1CCNC1. The van der Waals surface area contributed by atoms with Crippen molar-refractivity contribution < 1.29 is 4.52 Å². The molecule has 1 N–H and O–H groups in total. The molecule has 0 bridgehead atoms. The average molecular weight is 166 g/mol. The molecular weight excluding hydrogens is 152 g/mol. The summed E-state index contributed by atoms with van der Waals surface area (Å²) in [5.74, 6) is 1.61. The van der Waals surface area contributed by atoms with Gasteiger partial charge in [-0.15, -0.1) is 0 Å². The van der Waals surface area contributed by atoms with Crippen molar-refractivity contribution in [2.75, 3.05) is 13.1 Å². The minimum Gasteiger partial charge on any atom is -0.361 e. The lowest BCUT2D eigenvalue weighted by Gasteiger charge is -2.05. The van der Waals surface area contributed by atoms with Crippen LogP contribution in [-0.4, -0.2) is 18.2 Å². The van der Waals surface area contributed by atoms with Crippen LogP contribution in [0.3, 0.4) is 0 Å². The molecule has 1 atom stereocenters. The fraction of sp³-hybridized carbons (Fsp3) is 0.667. The number of hydrogen-bond acceptors (Lipinski definition) is 3. The Bertz CT molecular complexity index is 255. The Balaban J connectivity index is 2.30. The van der Waals surface area contributed by atoms with Crippen molar-refractivity contribution in [3.63, 3.8) is 0 Å². The van der Waals surface area contributed by atoms with Crippen molar-refractivity contribution in [3.05, 3.63) is 17.0 Å². The Morgan fingerprint density at radius 2 is 2.33 bits per heavy atom. The molecular formula is C9H14N2O. The minimum absolute atomic E-state index is 0.622. The molecule has 0 amide bonds. The summed E-state index contributed by atoms with van der Waals surface area (Å²) in [5.41, 5.74) is 2.38. The van der Waals surface area contributed by atoms with E-state index in [1.54, 1.807) is 0 Å². The third-order valence-electron chi connectivity index (χ3n) is 2.56. The zero-order chi connectivity index (χ0) is 8.55. The highest BCUT2D eigenvalue weighted by Crippen LogP contribution is 2.27. The molecule has 0 aromatic carbocycles. The molecule has 1 fully saturated rings. The summed E-state index contributed by atoms with van der Waals surface area (Å²) in [6, 6.07) is 0. The Kier molecular flexibility index (Phi) is 1.89. The maximum absolute atomic E-state index is 5.13. The number of nitrogens with zero attached hydrogens (tertiary/aromatic N) is 1. The first-order valence-corrected chi connectivity index (χ1v) is 4.42. The summed E-state index contributed by atoms with van der Waals surface area (Å²) in [6.07, 6.45) is 1.21. The second-order valence-electron chi connectivity index (χ2n) is 3.43. The Morgan fingerprint density at radius 1 is 1.50 bits per heavy atom. The van der Waals surface area contributed by atoms with Crippen LogP contribution in [-0.2, 0) is 0 Å². The maximum atomic E-state index is 5.13. The van der Waals surface area contributed by atoms with Gasteiger partial charge in [0.1, 0.15) is 5.76 Å². The van der Waals surface area contributed by atoms with Crippen molar-refractivity contribution in [1.29, 1.82) is 0 Å². The summed E-state index contributed by atoms with van der Waals surface area (Å²) in [5, 5.41) is 7.30. The Labute approximate surface area is 72.1 Å². The van der Waals surface area contributed by atoms with E-state index in [1.165, 1.54) is 12.0 Å². The molecule has 1 unspecified atom stereocenters. The molecule has 0 radical (unpaired) electrons. The second-order valence-corrected chi connectivity index (χ2v) is 3.43. The first-order valence-electron chi connectivity index (χ1n) is 4.42. The highest BCUT2D eigenvalue weighted by Gasteiger charge is 2.23. The van der Waals surface area contributed by atoms with Gasteiger partial charge in [-0.05, 0) is 26.8 Å². The van der Waals surface area contributed by atoms with Crippen LogP contribution in [0.25, 0.3) is 0 Å². The molecule has 2 rings (SSSR count). The second kappa shape index (κ2) is 2.90. The third-order valence-corrected chi connectivity index (χ3v) is 2.56. The van der Waals surface area contributed by atoms with E-state index in [2.05, 4.69) is 10.5 Å². The molecule has 1 aliphatic rings. The van der Waals surface area contributed by atoms with Crippen molar-refractivity contribution >= 4 is 0 Å². The van der Waals surface area contributed by atoms with Crippen LogP contribution in [0.2, 0.25) is 0 Å². The zero-order valence-electron chi connectivity index (χ0n) is 7.55. The number of rotatable bonds is 1. The molecule has 0 spiro atoms. The normalized spacial score (nSPS) is 23.3. The summed E-state index contributed by atoms with van der Waals surface area (Å²) in [6.45, 7) is 6.20. The van der Waals surface area contributed by atoms with Gasteiger partial charge in [0.25, 0.3) is 0 Å². The van der Waals surface area contributed by atoms with Crippen molar-refractivity contribution in [3.8, 4) is 0 Å². The fourth-order valence-electron chi connectivity index (χ4n) is 1.97. The molecule has 0 aliphatic carbocycles. The molecule has 12 heavy (non-hydrogen) atoms. The van der Waals surface area contributed by atoms with Crippen LogP contribution >= 0.6 is 0 Å². The molecule has 0 saturated carbocycles. The molecule has 1 saturated heterocycles. The lowest BCUT2D eigenvalue weighted by Crippen LogP contribution is -2.08. The maximum Gasteiger partial charge on any atom is 0.137 e. The predicted molar refractivity (Wildman–Crippen MR) is 46.2 cm³/mol. The Morgan fingerprint density at radius 3 is 2.83 bits per heavy atom. The zero-order valence-corrected chi connectivity index (χ0v) is 7.55. The molecule has 3 nitrogen and oxygen atoms in total. The van der Waals surface area contributed by atoms with Gasteiger partial charge in [-0.25, -0.2) is 0 Å². The van der Waals surface area contributed by atoms with Crippen LogP contribution < -0.4 is 5.32 Å². The van der Waals surface area contributed by atoms with E-state index in [1.807, 2.05) is 13.8 Å². The molecule has 3 heteroatoms. The van der Waals surface area contributed by atoms with Gasteiger partial charge in [0.15, 0.2) is 0 Å². The fourth-order valence-corrected chi connectivity index (χ4v) is 1.97. The van der Waals surface area contributed by atoms with Crippen molar-refractivity contribution in [2.45, 2.75) is 26.2 Å². The van der Waals surface area contributed by atoms with Crippen molar-refractivity contribution in [2.24, 2.45) is 0 Å². The number of aromatic nitrogens is 1. The minimum atomic E-state index is 0.622. The van der Waals surface area contributed by atoms with Gasteiger partial charge in [0.2, 0.25) is 0 Å². The van der Waals surface area contributed by atoms with E-state index in [-0.39, 0.29) is 0 Å². The van der Waals surface area contributed by atoms with Crippen LogP contribution in [0.1, 0.15) is 29.4 Å². The number of nitrogens with one attached hydrogen (secondary N) is 1. The number of aryl methyl sites for hydroxylation is 2. The summed E-state index contributed by atoms with van der Waals surface area (Å²) in [7, 11) is 0. The van der Waals surface area contributed by atoms with Gasteiger partial charge in [0, 0.05) is 18.0 Å². The molecule has 1 aliphatic heterocycles. The van der Waals surface area contributed by atoms with Crippen LogP contribution in [0.4, 0.5) is 0 Å². The Hall–Kier alpha value is -0.830. The lowest BCUT2D eigenvalue weighted by molar-refractivity contribution is 0.391. The lowest BCUT2D eigenvalue weighted by atomic mass is 9.97. The van der Waals surface area contributed by atoms with E-state index in [0.717, 1.165) is 24.5 Å². The molecule has 1 aromatic rings.